The third-order valence-corrected chi connectivity index (χ3v) is 5.96. The predicted octanol–water partition coefficient (Wildman–Crippen LogP) is 0.975. The van der Waals surface area contributed by atoms with E-state index >= 15 is 0 Å². The Labute approximate surface area is 143 Å². The van der Waals surface area contributed by atoms with Crippen LogP contribution < -0.4 is 4.90 Å². The summed E-state index contributed by atoms with van der Waals surface area (Å²) in [5, 5.41) is 11.6. The fourth-order valence-electron chi connectivity index (χ4n) is 2.94. The molecule has 4 rings (SSSR count). The molecule has 1 fully saturated rings. The van der Waals surface area contributed by atoms with Crippen molar-refractivity contribution in [3.8, 4) is 0 Å². The summed E-state index contributed by atoms with van der Waals surface area (Å²) in [6.45, 7) is 0.605. The molecule has 0 bridgehead atoms. The van der Waals surface area contributed by atoms with E-state index in [2.05, 4.69) is 15.5 Å². The van der Waals surface area contributed by atoms with Gasteiger partial charge >= 0.3 is 0 Å². The number of benzene rings is 1. The first-order valence-electron chi connectivity index (χ1n) is 7.86. The summed E-state index contributed by atoms with van der Waals surface area (Å²) in [6, 6.07) is 4.84. The van der Waals surface area contributed by atoms with Crippen LogP contribution in [0, 0.1) is 5.82 Å². The molecule has 132 valence electrons. The highest BCUT2D eigenvalue weighted by Crippen LogP contribution is 2.27. The molecule has 0 amide bonds. The maximum atomic E-state index is 14.5. The van der Waals surface area contributed by atoms with Crippen LogP contribution in [0.25, 0.3) is 0 Å². The third kappa shape index (κ3) is 3.21. The van der Waals surface area contributed by atoms with Crippen molar-refractivity contribution < 1.29 is 17.6 Å². The maximum absolute atomic E-state index is 14.5. The van der Waals surface area contributed by atoms with E-state index in [1.165, 1.54) is 6.07 Å². The van der Waals surface area contributed by atoms with Gasteiger partial charge in [-0.05, 0) is 12.1 Å². The average molecular weight is 365 g/mol. The van der Waals surface area contributed by atoms with E-state index < -0.39 is 15.7 Å². The van der Waals surface area contributed by atoms with E-state index in [1.54, 1.807) is 34.1 Å². The normalized spacial score (nSPS) is 22.5. The lowest BCUT2D eigenvalue weighted by atomic mass is 10.1. The number of aromatic nitrogens is 3. The minimum absolute atomic E-state index is 0.0499. The molecule has 10 heteroatoms. The Morgan fingerprint density at radius 1 is 1.24 bits per heavy atom. The van der Waals surface area contributed by atoms with Gasteiger partial charge in [0.1, 0.15) is 5.82 Å². The van der Waals surface area contributed by atoms with E-state index in [9.17, 15) is 12.8 Å². The Morgan fingerprint density at radius 3 is 2.72 bits per heavy atom. The molecular weight excluding hydrogens is 349 g/mol. The summed E-state index contributed by atoms with van der Waals surface area (Å²) in [6.07, 6.45) is 3.31. The van der Waals surface area contributed by atoms with E-state index in [0.717, 1.165) is 0 Å². The van der Waals surface area contributed by atoms with Crippen LogP contribution >= 0.6 is 0 Å². The number of anilines is 1. The maximum Gasteiger partial charge on any atom is 0.225 e. The number of hydrogen-bond acceptors (Lipinski definition) is 7. The van der Waals surface area contributed by atoms with Gasteiger partial charge in [-0.1, -0.05) is 16.4 Å². The Morgan fingerprint density at radius 2 is 2.04 bits per heavy atom. The molecule has 0 spiro atoms. The molecule has 0 saturated carbocycles. The highest BCUT2D eigenvalue weighted by Gasteiger charge is 2.26. The van der Waals surface area contributed by atoms with E-state index in [4.69, 9.17) is 4.84 Å². The molecule has 2 aliphatic rings. The van der Waals surface area contributed by atoms with E-state index in [-0.39, 0.29) is 17.7 Å². The monoisotopic (exact) mass is 365 g/mol. The van der Waals surface area contributed by atoms with Crippen LogP contribution in [0.1, 0.15) is 18.2 Å². The van der Waals surface area contributed by atoms with Gasteiger partial charge in [0, 0.05) is 24.8 Å². The molecular formula is C15H16FN5O3S. The van der Waals surface area contributed by atoms with Crippen molar-refractivity contribution >= 4 is 21.2 Å². The molecule has 0 radical (unpaired) electrons. The summed E-state index contributed by atoms with van der Waals surface area (Å²) >= 11 is 0. The van der Waals surface area contributed by atoms with Gasteiger partial charge in [-0.15, -0.1) is 5.10 Å². The third-order valence-electron chi connectivity index (χ3n) is 4.35. The Hall–Kier alpha value is -2.49. The molecule has 1 atom stereocenters. The number of oxime groups is 1. The lowest BCUT2D eigenvalue weighted by Crippen LogP contribution is -2.40. The first kappa shape index (κ1) is 16.0. The standard InChI is InChI=1S/C15H16FN5O3S/c16-12-9-11(13-10-15(24-18-13)21-4-3-17-19-21)1-2-14(12)20-5-7-25(22,23)8-6-20/h1-4,9,15H,5-8,10H2. The number of halogens is 1. The fraction of sp³-hybridized carbons (Fsp3) is 0.400. The highest BCUT2D eigenvalue weighted by atomic mass is 32.2. The van der Waals surface area contributed by atoms with E-state index in [1.807, 2.05) is 0 Å². The smallest absolute Gasteiger partial charge is 0.225 e. The first-order chi connectivity index (χ1) is 12.0. The van der Waals surface area contributed by atoms with Gasteiger partial charge in [0.05, 0.1) is 35.5 Å². The predicted molar refractivity (Wildman–Crippen MR) is 88.6 cm³/mol. The molecule has 2 aromatic rings. The molecule has 0 N–H and O–H groups in total. The van der Waals surface area contributed by atoms with Gasteiger partial charge in [0.25, 0.3) is 0 Å². The lowest BCUT2D eigenvalue weighted by Gasteiger charge is -2.29. The van der Waals surface area contributed by atoms with Crippen LogP contribution in [0.5, 0.6) is 0 Å². The van der Waals surface area contributed by atoms with Gasteiger partial charge in [0.15, 0.2) is 9.84 Å². The first-order valence-corrected chi connectivity index (χ1v) is 9.68. The van der Waals surface area contributed by atoms with Gasteiger partial charge in [-0.2, -0.15) is 0 Å². The molecule has 0 aliphatic carbocycles. The molecule has 3 heterocycles. The molecule has 1 aromatic heterocycles. The molecule has 8 nitrogen and oxygen atoms in total. The van der Waals surface area contributed by atoms with Crippen LogP contribution in [-0.4, -0.2) is 53.7 Å². The fourth-order valence-corrected chi connectivity index (χ4v) is 4.15. The van der Waals surface area contributed by atoms with Crippen LogP contribution in [0.3, 0.4) is 0 Å². The quantitative estimate of drug-likeness (QED) is 0.805. The second-order valence-corrected chi connectivity index (χ2v) is 8.29. The zero-order chi connectivity index (χ0) is 17.4. The Balaban J connectivity index is 1.49. The van der Waals surface area contributed by atoms with Crippen molar-refractivity contribution in [2.45, 2.75) is 12.6 Å². The van der Waals surface area contributed by atoms with Crippen LogP contribution in [0.2, 0.25) is 0 Å². The van der Waals surface area contributed by atoms with Crippen molar-refractivity contribution in [1.82, 2.24) is 15.0 Å². The molecule has 25 heavy (non-hydrogen) atoms. The molecule has 1 unspecified atom stereocenters. The van der Waals surface area contributed by atoms with Crippen LogP contribution in [0.4, 0.5) is 10.1 Å². The van der Waals surface area contributed by atoms with Crippen molar-refractivity contribution in [2.75, 3.05) is 29.5 Å². The summed E-state index contributed by atoms with van der Waals surface area (Å²) < 4.78 is 39.1. The van der Waals surface area contributed by atoms with Gasteiger partial charge in [-0.25, -0.2) is 17.5 Å². The minimum Gasteiger partial charge on any atom is -0.368 e. The van der Waals surface area contributed by atoms with E-state index in [0.29, 0.717) is 36.5 Å². The van der Waals surface area contributed by atoms with Crippen molar-refractivity contribution in [3.63, 3.8) is 0 Å². The van der Waals surface area contributed by atoms with Crippen molar-refractivity contribution in [3.05, 3.63) is 42.0 Å². The van der Waals surface area contributed by atoms with Gasteiger partial charge < -0.3 is 9.74 Å². The Kier molecular flexibility index (Phi) is 3.91. The second kappa shape index (κ2) is 6.10. The zero-order valence-corrected chi connectivity index (χ0v) is 14.1. The SMILES string of the molecule is O=S1(=O)CCN(c2ccc(C3=NOC(n4ccnn4)C3)cc2F)CC1. The largest absolute Gasteiger partial charge is 0.368 e. The second-order valence-electron chi connectivity index (χ2n) is 5.99. The van der Waals surface area contributed by atoms with Crippen molar-refractivity contribution in [1.29, 1.82) is 0 Å². The van der Waals surface area contributed by atoms with Gasteiger partial charge in [0.2, 0.25) is 6.23 Å². The number of hydrogen-bond donors (Lipinski definition) is 0. The lowest BCUT2D eigenvalue weighted by molar-refractivity contribution is 0.0217. The van der Waals surface area contributed by atoms with Crippen LogP contribution in [0.15, 0.2) is 35.7 Å². The minimum atomic E-state index is -3.00. The average Bonchev–Trinajstić information content (AvgIpc) is 3.26. The molecule has 1 saturated heterocycles. The topological polar surface area (TPSA) is 89.7 Å². The summed E-state index contributed by atoms with van der Waals surface area (Å²) in [4.78, 5) is 7.08. The number of nitrogens with zero attached hydrogens (tertiary/aromatic N) is 5. The zero-order valence-electron chi connectivity index (χ0n) is 13.2. The Bertz CT molecular complexity index is 899. The number of rotatable bonds is 3. The van der Waals surface area contributed by atoms with Crippen molar-refractivity contribution in [2.24, 2.45) is 5.16 Å². The summed E-state index contributed by atoms with van der Waals surface area (Å²) in [5.41, 5.74) is 1.67. The summed E-state index contributed by atoms with van der Waals surface area (Å²) in [7, 11) is -3.00. The van der Waals surface area contributed by atoms with Gasteiger partial charge in [-0.3, -0.25) is 0 Å². The molecule has 1 aromatic carbocycles. The highest BCUT2D eigenvalue weighted by molar-refractivity contribution is 7.91. The summed E-state index contributed by atoms with van der Waals surface area (Å²) in [5.74, 6) is -0.299. The number of sulfone groups is 1. The van der Waals surface area contributed by atoms with Crippen LogP contribution in [-0.2, 0) is 14.7 Å². The molecule has 2 aliphatic heterocycles.